The molecule has 1 fully saturated rings. The Morgan fingerprint density at radius 3 is 2.88 bits per heavy atom. The molecule has 1 saturated carbocycles. The Kier molecular flexibility index (Phi) is 3.13. The molecule has 94 valence electrons. The number of rotatable bonds is 3. The molecule has 1 N–H and O–H groups in total. The zero-order chi connectivity index (χ0) is 12.6. The molecule has 0 radical (unpaired) electrons. The monoisotopic (exact) mass is 236 g/mol. The van der Waals surface area contributed by atoms with Gasteiger partial charge in [-0.25, -0.2) is 0 Å². The fraction of sp³-hybridized carbons (Fsp3) is 0.643. The van der Waals surface area contributed by atoms with E-state index >= 15 is 0 Å². The summed E-state index contributed by atoms with van der Waals surface area (Å²) in [6.07, 6.45) is 6.32. The third kappa shape index (κ3) is 2.60. The lowest BCUT2D eigenvalue weighted by Crippen LogP contribution is -2.30. The maximum Gasteiger partial charge on any atom is 0.303 e. The Morgan fingerprint density at radius 1 is 1.59 bits per heavy atom. The molecule has 0 bridgehead atoms. The SMILES string of the molecule is CC(=O)OC(C)(C)C=C1C[C@@H]2CC(CO)=C[C@H]12. The van der Waals surface area contributed by atoms with E-state index in [9.17, 15) is 4.79 Å². The number of aliphatic hydroxyl groups excluding tert-OH is 1. The minimum absolute atomic E-state index is 0.174. The van der Waals surface area contributed by atoms with Crippen LogP contribution in [0.4, 0.5) is 0 Å². The van der Waals surface area contributed by atoms with Crippen molar-refractivity contribution in [3.63, 3.8) is 0 Å². The van der Waals surface area contributed by atoms with Crippen LogP contribution >= 0.6 is 0 Å². The zero-order valence-corrected chi connectivity index (χ0v) is 10.7. The van der Waals surface area contributed by atoms with Gasteiger partial charge in [0.2, 0.25) is 0 Å². The number of aliphatic hydroxyl groups is 1. The van der Waals surface area contributed by atoms with Crippen molar-refractivity contribution in [1.29, 1.82) is 0 Å². The normalized spacial score (nSPS) is 29.6. The van der Waals surface area contributed by atoms with Gasteiger partial charge in [-0.2, -0.15) is 0 Å². The third-order valence-electron chi connectivity index (χ3n) is 3.52. The van der Waals surface area contributed by atoms with Crippen LogP contribution in [0.15, 0.2) is 23.3 Å². The molecule has 3 nitrogen and oxygen atoms in total. The first-order valence-electron chi connectivity index (χ1n) is 6.13. The lowest BCUT2D eigenvalue weighted by molar-refractivity contribution is -0.149. The molecule has 17 heavy (non-hydrogen) atoms. The number of allylic oxidation sites excluding steroid dienone is 2. The predicted octanol–water partition coefficient (Wildman–Crippen LogP) is 2.21. The fourth-order valence-electron chi connectivity index (χ4n) is 2.93. The lowest BCUT2D eigenvalue weighted by Gasteiger charge is -2.36. The minimum atomic E-state index is -0.526. The van der Waals surface area contributed by atoms with Crippen molar-refractivity contribution in [2.24, 2.45) is 11.8 Å². The van der Waals surface area contributed by atoms with Crippen molar-refractivity contribution >= 4 is 5.97 Å². The maximum atomic E-state index is 11.0. The highest BCUT2D eigenvalue weighted by Crippen LogP contribution is 2.50. The first-order chi connectivity index (χ1) is 7.91. The Labute approximate surface area is 102 Å². The average molecular weight is 236 g/mol. The van der Waals surface area contributed by atoms with Crippen LogP contribution in [0.1, 0.15) is 33.6 Å². The quantitative estimate of drug-likeness (QED) is 0.603. The average Bonchev–Trinajstić information content (AvgIpc) is 2.50. The number of hydrogen-bond acceptors (Lipinski definition) is 3. The van der Waals surface area contributed by atoms with Crippen LogP contribution in [0.5, 0.6) is 0 Å². The number of fused-ring (bicyclic) bond motifs is 1. The van der Waals surface area contributed by atoms with E-state index in [0.717, 1.165) is 18.4 Å². The summed E-state index contributed by atoms with van der Waals surface area (Å²) in [5, 5.41) is 9.11. The van der Waals surface area contributed by atoms with E-state index in [0.29, 0.717) is 11.8 Å². The standard InChI is InChI=1S/C14H20O3/c1-9(16)17-14(2,3)7-12-6-11-4-10(8-15)5-13(11)12/h5,7,11,13,15H,4,6,8H2,1-3H3/t11-,13-/m0/s1. The lowest BCUT2D eigenvalue weighted by atomic mass is 9.70. The second-order valence-corrected chi connectivity index (χ2v) is 5.59. The molecule has 0 saturated heterocycles. The van der Waals surface area contributed by atoms with Gasteiger partial charge in [0.05, 0.1) is 6.61 Å². The summed E-state index contributed by atoms with van der Waals surface area (Å²) in [4.78, 5) is 11.0. The van der Waals surface area contributed by atoms with E-state index in [2.05, 4.69) is 12.2 Å². The molecule has 2 atom stereocenters. The highest BCUT2D eigenvalue weighted by molar-refractivity contribution is 5.66. The van der Waals surface area contributed by atoms with Crippen LogP contribution in [0.25, 0.3) is 0 Å². The summed E-state index contributed by atoms with van der Waals surface area (Å²) >= 11 is 0. The maximum absolute atomic E-state index is 11.0. The summed E-state index contributed by atoms with van der Waals surface area (Å²) in [6, 6.07) is 0. The van der Waals surface area contributed by atoms with Gasteiger partial charge in [-0.15, -0.1) is 0 Å². The molecule has 2 aliphatic rings. The smallest absolute Gasteiger partial charge is 0.303 e. The Balaban J connectivity index is 2.05. The molecule has 2 rings (SSSR count). The molecule has 0 heterocycles. The van der Waals surface area contributed by atoms with Gasteiger partial charge in [-0.1, -0.05) is 11.6 Å². The largest absolute Gasteiger partial charge is 0.456 e. The van der Waals surface area contributed by atoms with Gasteiger partial charge in [0, 0.05) is 12.8 Å². The van der Waals surface area contributed by atoms with Crippen molar-refractivity contribution in [2.75, 3.05) is 6.61 Å². The van der Waals surface area contributed by atoms with E-state index in [-0.39, 0.29) is 12.6 Å². The molecule has 2 aliphatic carbocycles. The Hall–Kier alpha value is -1.09. The summed E-state index contributed by atoms with van der Waals surface area (Å²) in [6.45, 7) is 5.41. The van der Waals surface area contributed by atoms with Crippen LogP contribution in [-0.4, -0.2) is 23.3 Å². The fourth-order valence-corrected chi connectivity index (χ4v) is 2.93. The van der Waals surface area contributed by atoms with E-state index in [1.807, 2.05) is 13.8 Å². The number of esters is 1. The van der Waals surface area contributed by atoms with Gasteiger partial charge in [0.15, 0.2) is 0 Å². The number of ether oxygens (including phenoxy) is 1. The summed E-state index contributed by atoms with van der Waals surface area (Å²) in [5.74, 6) is 0.879. The summed E-state index contributed by atoms with van der Waals surface area (Å²) in [7, 11) is 0. The van der Waals surface area contributed by atoms with Crippen molar-refractivity contribution < 1.29 is 14.6 Å². The van der Waals surface area contributed by atoms with Crippen molar-refractivity contribution in [1.82, 2.24) is 0 Å². The van der Waals surface area contributed by atoms with Gasteiger partial charge in [0.1, 0.15) is 5.60 Å². The molecule has 0 unspecified atom stereocenters. The molecular formula is C14H20O3. The van der Waals surface area contributed by atoms with Crippen LogP contribution in [0, 0.1) is 11.8 Å². The predicted molar refractivity (Wildman–Crippen MR) is 65.3 cm³/mol. The van der Waals surface area contributed by atoms with Gasteiger partial charge in [-0.05, 0) is 44.3 Å². The van der Waals surface area contributed by atoms with Crippen LogP contribution in [0.2, 0.25) is 0 Å². The van der Waals surface area contributed by atoms with Gasteiger partial charge < -0.3 is 9.84 Å². The Morgan fingerprint density at radius 2 is 2.29 bits per heavy atom. The van der Waals surface area contributed by atoms with Crippen LogP contribution in [0.3, 0.4) is 0 Å². The van der Waals surface area contributed by atoms with E-state index in [1.54, 1.807) is 0 Å². The molecule has 0 aromatic rings. The van der Waals surface area contributed by atoms with Gasteiger partial charge in [-0.3, -0.25) is 4.79 Å². The van der Waals surface area contributed by atoms with E-state index < -0.39 is 5.60 Å². The van der Waals surface area contributed by atoms with Crippen molar-refractivity contribution in [2.45, 2.75) is 39.2 Å². The second-order valence-electron chi connectivity index (χ2n) is 5.59. The summed E-state index contributed by atoms with van der Waals surface area (Å²) in [5.41, 5.74) is 1.96. The third-order valence-corrected chi connectivity index (χ3v) is 3.52. The number of carbonyl (C=O) groups excluding carboxylic acids is 1. The van der Waals surface area contributed by atoms with E-state index in [1.165, 1.54) is 12.5 Å². The molecule has 0 spiro atoms. The zero-order valence-electron chi connectivity index (χ0n) is 10.7. The second kappa shape index (κ2) is 4.30. The first-order valence-corrected chi connectivity index (χ1v) is 6.13. The molecular weight excluding hydrogens is 216 g/mol. The highest BCUT2D eigenvalue weighted by Gasteiger charge is 2.40. The molecule has 0 aliphatic heterocycles. The highest BCUT2D eigenvalue weighted by atomic mass is 16.6. The molecule has 0 aromatic carbocycles. The van der Waals surface area contributed by atoms with Crippen LogP contribution < -0.4 is 0 Å². The summed E-state index contributed by atoms with van der Waals surface area (Å²) < 4.78 is 5.26. The van der Waals surface area contributed by atoms with Crippen molar-refractivity contribution in [3.05, 3.63) is 23.3 Å². The first kappa shape index (κ1) is 12.4. The molecule has 0 aromatic heterocycles. The van der Waals surface area contributed by atoms with E-state index in [4.69, 9.17) is 9.84 Å². The van der Waals surface area contributed by atoms with Crippen molar-refractivity contribution in [3.8, 4) is 0 Å². The Bertz CT molecular complexity index is 390. The van der Waals surface area contributed by atoms with Crippen LogP contribution in [-0.2, 0) is 9.53 Å². The topological polar surface area (TPSA) is 46.5 Å². The van der Waals surface area contributed by atoms with Gasteiger partial charge in [0.25, 0.3) is 0 Å². The molecule has 3 heteroatoms. The molecule has 0 amide bonds. The number of hydrogen-bond donors (Lipinski definition) is 1. The minimum Gasteiger partial charge on any atom is -0.456 e. The van der Waals surface area contributed by atoms with Gasteiger partial charge >= 0.3 is 5.97 Å². The number of carbonyl (C=O) groups is 1.